The Hall–Kier alpha value is -0.780. The largest absolute Gasteiger partial charge is 0.0654 e. The zero-order valence-corrected chi connectivity index (χ0v) is 6.22. The molecule has 1 aromatic rings. The van der Waals surface area contributed by atoms with Gasteiger partial charge in [-0.3, -0.25) is 0 Å². The Bertz CT molecular complexity index is 181. The number of unbranched alkanes of at least 4 members (excludes halogenated alkanes) is 1. The van der Waals surface area contributed by atoms with Crippen LogP contribution in [0.2, 0.25) is 0 Å². The average Bonchev–Trinajstić information content (AvgIpc) is 2.07. The predicted molar refractivity (Wildman–Crippen MR) is 45.1 cm³/mol. The molecule has 0 bridgehead atoms. The molecule has 0 heteroatoms. The lowest BCUT2D eigenvalue weighted by Gasteiger charge is -1.96. The third kappa shape index (κ3) is 2.22. The quantitative estimate of drug-likeness (QED) is 0.559. The Morgan fingerprint density at radius 3 is 2.80 bits per heavy atom. The Balaban J connectivity index is 2.28. The summed E-state index contributed by atoms with van der Waals surface area (Å²) in [5.74, 6) is 0. The summed E-state index contributed by atoms with van der Waals surface area (Å²) in [5, 5.41) is 0. The van der Waals surface area contributed by atoms with Gasteiger partial charge in [-0.15, -0.1) is 0 Å². The van der Waals surface area contributed by atoms with Crippen molar-refractivity contribution in [3.05, 3.63) is 35.9 Å². The predicted octanol–water partition coefficient (Wildman–Crippen LogP) is 3.03. The first-order valence-corrected chi connectivity index (χ1v) is 3.76. The third-order valence-electron chi connectivity index (χ3n) is 1.56. The smallest absolute Gasteiger partial charge is 0.0230 e. The SMILES string of the molecule is [2H]CCCCc1ccccc1. The molecule has 0 N–H and O–H groups in total. The van der Waals surface area contributed by atoms with Crippen LogP contribution in [0.4, 0.5) is 0 Å². The summed E-state index contributed by atoms with van der Waals surface area (Å²) >= 11 is 0. The molecule has 0 saturated carbocycles. The first kappa shape index (κ1) is 5.96. The summed E-state index contributed by atoms with van der Waals surface area (Å²) in [6.45, 7) is 0.562. The van der Waals surface area contributed by atoms with E-state index in [4.69, 9.17) is 1.37 Å². The van der Waals surface area contributed by atoms with E-state index in [9.17, 15) is 0 Å². The molecule has 0 unspecified atom stereocenters. The van der Waals surface area contributed by atoms with Crippen LogP contribution in [0.1, 0.15) is 26.7 Å². The highest BCUT2D eigenvalue weighted by Gasteiger charge is 1.87. The molecule has 0 aliphatic carbocycles. The number of hydrogen-bond acceptors (Lipinski definition) is 0. The minimum Gasteiger partial charge on any atom is -0.0654 e. The molecule has 0 aliphatic heterocycles. The van der Waals surface area contributed by atoms with Gasteiger partial charge in [-0.25, -0.2) is 0 Å². The molecule has 0 heterocycles. The fourth-order valence-electron chi connectivity index (χ4n) is 0.974. The maximum Gasteiger partial charge on any atom is 0.0230 e. The lowest BCUT2D eigenvalue weighted by molar-refractivity contribution is 0.795. The second-order valence-electron chi connectivity index (χ2n) is 2.44. The van der Waals surface area contributed by atoms with Crippen molar-refractivity contribution in [2.45, 2.75) is 26.2 Å². The maximum atomic E-state index is 6.97. The molecule has 0 nitrogen and oxygen atoms in total. The van der Waals surface area contributed by atoms with E-state index in [0.29, 0.717) is 6.90 Å². The maximum absolute atomic E-state index is 6.97. The average molecular weight is 135 g/mol. The number of benzene rings is 1. The van der Waals surface area contributed by atoms with Gasteiger partial charge in [0.2, 0.25) is 0 Å². The van der Waals surface area contributed by atoms with Crippen molar-refractivity contribution in [1.82, 2.24) is 0 Å². The molecule has 1 rings (SSSR count). The van der Waals surface area contributed by atoms with Crippen molar-refractivity contribution in [1.29, 1.82) is 0 Å². The van der Waals surface area contributed by atoms with Crippen molar-refractivity contribution < 1.29 is 1.37 Å². The fourth-order valence-corrected chi connectivity index (χ4v) is 0.974. The van der Waals surface area contributed by atoms with E-state index >= 15 is 0 Å². The number of rotatable bonds is 3. The summed E-state index contributed by atoms with van der Waals surface area (Å²) in [4.78, 5) is 0. The van der Waals surface area contributed by atoms with Crippen LogP contribution in [0.3, 0.4) is 0 Å². The summed E-state index contributed by atoms with van der Waals surface area (Å²) in [7, 11) is 0. The second kappa shape index (κ2) is 4.10. The highest BCUT2D eigenvalue weighted by molar-refractivity contribution is 5.14. The first-order valence-electron chi connectivity index (χ1n) is 4.47. The van der Waals surface area contributed by atoms with E-state index in [1.54, 1.807) is 0 Å². The molecule has 0 saturated heterocycles. The molecule has 0 atom stereocenters. The van der Waals surface area contributed by atoms with E-state index in [-0.39, 0.29) is 0 Å². The molecular weight excluding hydrogens is 120 g/mol. The normalized spacial score (nSPS) is 11.0. The van der Waals surface area contributed by atoms with Gasteiger partial charge < -0.3 is 0 Å². The van der Waals surface area contributed by atoms with Gasteiger partial charge in [0, 0.05) is 1.37 Å². The first-order chi connectivity index (χ1) is 5.43. The highest BCUT2D eigenvalue weighted by atomic mass is 13.9. The van der Waals surface area contributed by atoms with Gasteiger partial charge >= 0.3 is 0 Å². The van der Waals surface area contributed by atoms with Crippen LogP contribution in [0.15, 0.2) is 30.3 Å². The van der Waals surface area contributed by atoms with Crippen LogP contribution in [-0.4, -0.2) is 0 Å². The number of hydrogen-bond donors (Lipinski definition) is 0. The van der Waals surface area contributed by atoms with E-state index in [1.165, 1.54) is 5.56 Å². The zero-order chi connectivity index (χ0) is 7.94. The molecule has 0 fully saturated rings. The summed E-state index contributed by atoms with van der Waals surface area (Å²) in [6.07, 6.45) is 3.29. The van der Waals surface area contributed by atoms with Crippen LogP contribution >= 0.6 is 0 Å². The van der Waals surface area contributed by atoms with Gasteiger partial charge in [-0.05, 0) is 18.4 Å². The molecule has 10 heavy (non-hydrogen) atoms. The van der Waals surface area contributed by atoms with Crippen LogP contribution in [0.25, 0.3) is 0 Å². The van der Waals surface area contributed by atoms with Gasteiger partial charge in [0.15, 0.2) is 0 Å². The minimum atomic E-state index is 0.562. The molecular formula is C10H14. The monoisotopic (exact) mass is 135 g/mol. The van der Waals surface area contributed by atoms with Crippen LogP contribution in [0.5, 0.6) is 0 Å². The lowest BCUT2D eigenvalue weighted by Crippen LogP contribution is -1.81. The van der Waals surface area contributed by atoms with Crippen molar-refractivity contribution in [3.8, 4) is 0 Å². The van der Waals surface area contributed by atoms with Crippen molar-refractivity contribution in [2.24, 2.45) is 0 Å². The molecule has 0 radical (unpaired) electrons. The molecule has 0 aliphatic rings. The van der Waals surface area contributed by atoms with Crippen LogP contribution in [-0.2, 0) is 6.42 Å². The van der Waals surface area contributed by atoms with E-state index in [1.807, 2.05) is 6.07 Å². The Kier molecular flexibility index (Phi) is 2.45. The van der Waals surface area contributed by atoms with Gasteiger partial charge in [-0.2, -0.15) is 0 Å². The lowest BCUT2D eigenvalue weighted by atomic mass is 10.1. The third-order valence-corrected chi connectivity index (χ3v) is 1.56. The summed E-state index contributed by atoms with van der Waals surface area (Å²) < 4.78 is 6.97. The van der Waals surface area contributed by atoms with E-state index < -0.39 is 0 Å². The van der Waals surface area contributed by atoms with Gasteiger partial charge in [0.25, 0.3) is 0 Å². The Morgan fingerprint density at radius 2 is 2.10 bits per heavy atom. The molecule has 0 aromatic heterocycles. The van der Waals surface area contributed by atoms with Gasteiger partial charge in [-0.1, -0.05) is 43.7 Å². The summed E-state index contributed by atoms with van der Waals surface area (Å²) in [5.41, 5.74) is 1.39. The van der Waals surface area contributed by atoms with Crippen molar-refractivity contribution >= 4 is 0 Å². The van der Waals surface area contributed by atoms with Gasteiger partial charge in [0.1, 0.15) is 0 Å². The highest BCUT2D eigenvalue weighted by Crippen LogP contribution is 2.03. The number of aryl methyl sites for hydroxylation is 1. The van der Waals surface area contributed by atoms with Crippen LogP contribution in [0, 0.1) is 0 Å². The fraction of sp³-hybridized carbons (Fsp3) is 0.400. The molecule has 0 spiro atoms. The minimum absolute atomic E-state index is 0.562. The summed E-state index contributed by atoms with van der Waals surface area (Å²) in [6, 6.07) is 10.5. The topological polar surface area (TPSA) is 0 Å². The molecule has 1 aromatic carbocycles. The molecule has 54 valence electrons. The van der Waals surface area contributed by atoms with Crippen molar-refractivity contribution in [3.63, 3.8) is 0 Å². The van der Waals surface area contributed by atoms with E-state index in [0.717, 1.165) is 19.3 Å². The van der Waals surface area contributed by atoms with Crippen LogP contribution < -0.4 is 0 Å². The van der Waals surface area contributed by atoms with Crippen molar-refractivity contribution in [2.75, 3.05) is 0 Å². The Morgan fingerprint density at radius 1 is 1.30 bits per heavy atom. The Labute approximate surface area is 64.3 Å². The second-order valence-corrected chi connectivity index (χ2v) is 2.44. The standard InChI is InChI=1S/C10H14/c1-2-3-7-10-8-5-4-6-9-10/h4-6,8-9H,2-3,7H2,1H3/i1D. The zero-order valence-electron chi connectivity index (χ0n) is 7.22. The molecule has 0 amide bonds. The van der Waals surface area contributed by atoms with E-state index in [2.05, 4.69) is 24.3 Å². The van der Waals surface area contributed by atoms with Gasteiger partial charge in [0.05, 0.1) is 0 Å².